The van der Waals surface area contributed by atoms with E-state index in [1.54, 1.807) is 24.3 Å². The number of rotatable bonds is 5. The van der Waals surface area contributed by atoms with Crippen molar-refractivity contribution in [2.75, 3.05) is 26.8 Å². The standard InChI is InChI=1S/C18H24N2O4/c1-13-8-14(2)11-20(10-13)17(21)12-24-19-9-15-4-6-16(7-5-15)18(22)23-3/h4-7,9,13-14H,8,10-12H2,1-3H3/b19-9+. The van der Waals surface area contributed by atoms with Crippen LogP contribution >= 0.6 is 0 Å². The Labute approximate surface area is 142 Å². The van der Waals surface area contributed by atoms with Crippen LogP contribution in [0.1, 0.15) is 36.2 Å². The summed E-state index contributed by atoms with van der Waals surface area (Å²) in [5, 5.41) is 3.82. The van der Waals surface area contributed by atoms with Crippen LogP contribution in [0.4, 0.5) is 0 Å². The quantitative estimate of drug-likeness (QED) is 0.471. The summed E-state index contributed by atoms with van der Waals surface area (Å²) in [5.41, 5.74) is 1.24. The Balaban J connectivity index is 1.79. The normalized spacial score (nSPS) is 20.9. The van der Waals surface area contributed by atoms with Crippen LogP contribution in [0.5, 0.6) is 0 Å². The summed E-state index contributed by atoms with van der Waals surface area (Å²) < 4.78 is 4.63. The predicted octanol–water partition coefficient (Wildman–Crippen LogP) is 2.33. The van der Waals surface area contributed by atoms with Gasteiger partial charge in [-0.1, -0.05) is 31.1 Å². The smallest absolute Gasteiger partial charge is 0.337 e. The third-order valence-electron chi connectivity index (χ3n) is 4.02. The van der Waals surface area contributed by atoms with Crippen LogP contribution in [-0.2, 0) is 14.4 Å². The van der Waals surface area contributed by atoms with Crippen molar-refractivity contribution in [3.63, 3.8) is 0 Å². The Kier molecular flexibility index (Phi) is 6.35. The molecule has 1 aliphatic rings. The van der Waals surface area contributed by atoms with Gasteiger partial charge in [-0.15, -0.1) is 0 Å². The summed E-state index contributed by atoms with van der Waals surface area (Å²) >= 11 is 0. The molecule has 6 heteroatoms. The summed E-state index contributed by atoms with van der Waals surface area (Å²) in [6, 6.07) is 6.76. The highest BCUT2D eigenvalue weighted by Crippen LogP contribution is 2.20. The zero-order valence-electron chi connectivity index (χ0n) is 14.4. The third-order valence-corrected chi connectivity index (χ3v) is 4.02. The lowest BCUT2D eigenvalue weighted by molar-refractivity contribution is -0.138. The second-order valence-corrected chi connectivity index (χ2v) is 6.37. The van der Waals surface area contributed by atoms with E-state index in [2.05, 4.69) is 23.7 Å². The lowest BCUT2D eigenvalue weighted by Crippen LogP contribution is -2.44. The van der Waals surface area contributed by atoms with Crippen molar-refractivity contribution in [2.45, 2.75) is 20.3 Å². The van der Waals surface area contributed by atoms with Crippen LogP contribution in [0, 0.1) is 11.8 Å². The molecule has 1 aromatic carbocycles. The van der Waals surface area contributed by atoms with Gasteiger partial charge in [-0.2, -0.15) is 0 Å². The maximum Gasteiger partial charge on any atom is 0.337 e. The summed E-state index contributed by atoms with van der Waals surface area (Å²) in [4.78, 5) is 30.4. The molecular weight excluding hydrogens is 308 g/mol. The Bertz CT molecular complexity index is 588. The molecule has 0 bridgehead atoms. The van der Waals surface area contributed by atoms with Crippen LogP contribution in [-0.4, -0.2) is 49.8 Å². The third kappa shape index (κ3) is 5.08. The molecule has 2 atom stereocenters. The fourth-order valence-corrected chi connectivity index (χ4v) is 2.97. The highest BCUT2D eigenvalue weighted by molar-refractivity contribution is 5.90. The number of benzene rings is 1. The molecule has 1 heterocycles. The molecule has 0 saturated carbocycles. The maximum atomic E-state index is 12.1. The number of nitrogens with zero attached hydrogens (tertiary/aromatic N) is 2. The van der Waals surface area contributed by atoms with E-state index in [0.717, 1.165) is 25.1 Å². The van der Waals surface area contributed by atoms with Gasteiger partial charge in [0.15, 0.2) is 6.61 Å². The molecule has 0 aromatic heterocycles. The second kappa shape index (κ2) is 8.47. The van der Waals surface area contributed by atoms with Gasteiger partial charge in [-0.3, -0.25) is 4.79 Å². The molecule has 0 aliphatic carbocycles. The van der Waals surface area contributed by atoms with E-state index >= 15 is 0 Å². The Morgan fingerprint density at radius 3 is 2.42 bits per heavy atom. The van der Waals surface area contributed by atoms with Gasteiger partial charge in [0, 0.05) is 13.1 Å². The molecule has 2 rings (SSSR count). The Morgan fingerprint density at radius 1 is 1.21 bits per heavy atom. The van der Waals surface area contributed by atoms with Crippen molar-refractivity contribution in [3.05, 3.63) is 35.4 Å². The average Bonchev–Trinajstić information content (AvgIpc) is 2.57. The molecule has 0 spiro atoms. The summed E-state index contributed by atoms with van der Waals surface area (Å²) in [7, 11) is 1.34. The monoisotopic (exact) mass is 332 g/mol. The lowest BCUT2D eigenvalue weighted by atomic mass is 9.92. The molecular formula is C18H24N2O4. The number of ether oxygens (including phenoxy) is 1. The van der Waals surface area contributed by atoms with Gasteiger partial charge in [0.05, 0.1) is 18.9 Å². The first-order valence-corrected chi connectivity index (χ1v) is 8.11. The molecule has 1 amide bonds. The van der Waals surface area contributed by atoms with Crippen molar-refractivity contribution in [2.24, 2.45) is 17.0 Å². The first-order valence-electron chi connectivity index (χ1n) is 8.11. The number of carbonyl (C=O) groups excluding carboxylic acids is 2. The first-order chi connectivity index (χ1) is 11.5. The van der Waals surface area contributed by atoms with Crippen molar-refractivity contribution in [1.82, 2.24) is 4.90 Å². The average molecular weight is 332 g/mol. The fraction of sp³-hybridized carbons (Fsp3) is 0.500. The van der Waals surface area contributed by atoms with Gasteiger partial charge in [0.25, 0.3) is 5.91 Å². The molecule has 1 fully saturated rings. The summed E-state index contributed by atoms with van der Waals surface area (Å²) in [6.45, 7) is 5.83. The number of oxime groups is 1. The van der Waals surface area contributed by atoms with Crippen LogP contribution in [0.2, 0.25) is 0 Å². The number of piperidine rings is 1. The molecule has 2 unspecified atom stereocenters. The van der Waals surface area contributed by atoms with E-state index in [0.29, 0.717) is 17.4 Å². The summed E-state index contributed by atoms with van der Waals surface area (Å²) in [6.07, 6.45) is 2.67. The largest absolute Gasteiger partial charge is 0.465 e. The van der Waals surface area contributed by atoms with Crippen molar-refractivity contribution in [1.29, 1.82) is 0 Å². The lowest BCUT2D eigenvalue weighted by Gasteiger charge is -2.34. The van der Waals surface area contributed by atoms with E-state index in [-0.39, 0.29) is 18.5 Å². The first kappa shape index (κ1) is 18.0. The van der Waals surface area contributed by atoms with Gasteiger partial charge >= 0.3 is 5.97 Å². The van der Waals surface area contributed by atoms with Crippen molar-refractivity contribution >= 4 is 18.1 Å². The fourth-order valence-electron chi connectivity index (χ4n) is 2.97. The minimum Gasteiger partial charge on any atom is -0.465 e. The van der Waals surface area contributed by atoms with Gasteiger partial charge in [0.2, 0.25) is 0 Å². The number of hydrogen-bond acceptors (Lipinski definition) is 5. The minimum absolute atomic E-state index is 0.0356. The predicted molar refractivity (Wildman–Crippen MR) is 90.9 cm³/mol. The van der Waals surface area contributed by atoms with E-state index < -0.39 is 0 Å². The maximum absolute atomic E-state index is 12.1. The molecule has 1 aromatic rings. The van der Waals surface area contributed by atoms with Crippen LogP contribution in [0.15, 0.2) is 29.4 Å². The van der Waals surface area contributed by atoms with Gasteiger partial charge < -0.3 is 14.5 Å². The molecule has 6 nitrogen and oxygen atoms in total. The van der Waals surface area contributed by atoms with Gasteiger partial charge in [-0.25, -0.2) is 4.79 Å². The number of methoxy groups -OCH3 is 1. The topological polar surface area (TPSA) is 68.2 Å². The van der Waals surface area contributed by atoms with Crippen molar-refractivity contribution in [3.8, 4) is 0 Å². The van der Waals surface area contributed by atoms with Crippen molar-refractivity contribution < 1.29 is 19.2 Å². The zero-order valence-corrected chi connectivity index (χ0v) is 14.4. The second-order valence-electron chi connectivity index (χ2n) is 6.37. The minimum atomic E-state index is -0.384. The molecule has 130 valence electrons. The van der Waals surface area contributed by atoms with E-state index in [1.165, 1.54) is 13.3 Å². The Hall–Kier alpha value is -2.37. The van der Waals surface area contributed by atoms with E-state index in [9.17, 15) is 9.59 Å². The van der Waals surface area contributed by atoms with Crippen LogP contribution in [0.25, 0.3) is 0 Å². The molecule has 24 heavy (non-hydrogen) atoms. The van der Waals surface area contributed by atoms with Gasteiger partial charge in [-0.05, 0) is 36.0 Å². The number of amides is 1. The van der Waals surface area contributed by atoms with Crippen LogP contribution in [0.3, 0.4) is 0 Å². The molecule has 1 saturated heterocycles. The molecule has 0 radical (unpaired) electrons. The number of hydrogen-bond donors (Lipinski definition) is 0. The van der Waals surface area contributed by atoms with Crippen LogP contribution < -0.4 is 0 Å². The summed E-state index contributed by atoms with van der Waals surface area (Å²) in [5.74, 6) is 0.626. The van der Waals surface area contributed by atoms with E-state index in [4.69, 9.17) is 4.84 Å². The Morgan fingerprint density at radius 2 is 1.83 bits per heavy atom. The number of esters is 1. The SMILES string of the molecule is COC(=O)c1ccc(/C=N/OCC(=O)N2CC(C)CC(C)C2)cc1. The highest BCUT2D eigenvalue weighted by atomic mass is 16.6. The molecule has 0 N–H and O–H groups in total. The molecule has 1 aliphatic heterocycles. The van der Waals surface area contributed by atoms with Gasteiger partial charge in [0.1, 0.15) is 0 Å². The van der Waals surface area contributed by atoms with E-state index in [1.807, 2.05) is 4.90 Å². The zero-order chi connectivity index (χ0) is 17.5. The number of likely N-dealkylation sites (tertiary alicyclic amines) is 1. The highest BCUT2D eigenvalue weighted by Gasteiger charge is 2.25. The number of carbonyl (C=O) groups is 2.